The number of alkyl halides is 3. The molecule has 0 amide bonds. The second kappa shape index (κ2) is 9.44. The smallest absolute Gasteiger partial charge is 0.211 e. The van der Waals surface area contributed by atoms with Gasteiger partial charge < -0.3 is 0 Å². The van der Waals surface area contributed by atoms with E-state index < -0.39 is 17.7 Å². The van der Waals surface area contributed by atoms with Crippen molar-refractivity contribution in [1.82, 2.24) is 19.7 Å². The summed E-state index contributed by atoms with van der Waals surface area (Å²) in [4.78, 5) is 8.21. The first-order valence-electron chi connectivity index (χ1n) is 11.3. The van der Waals surface area contributed by atoms with E-state index >= 15 is 0 Å². The minimum absolute atomic E-state index is 0.0318. The number of nitrogens with zero attached hydrogens (tertiary/aromatic N) is 4. The molecule has 5 rings (SSSR count). The van der Waals surface area contributed by atoms with Gasteiger partial charge in [0.1, 0.15) is 11.5 Å². The van der Waals surface area contributed by atoms with E-state index in [2.05, 4.69) is 15.1 Å². The number of rotatable bonds is 4. The van der Waals surface area contributed by atoms with Gasteiger partial charge in [-0.15, -0.1) is 0 Å². The van der Waals surface area contributed by atoms with Gasteiger partial charge in [0.25, 0.3) is 5.95 Å². The molecule has 4 nitrogen and oxygen atoms in total. The molecule has 0 N–H and O–H groups in total. The molecule has 0 radical (unpaired) electrons. The molecule has 0 saturated heterocycles. The lowest BCUT2D eigenvalue weighted by Crippen LogP contribution is -2.14. The lowest BCUT2D eigenvalue weighted by atomic mass is 10.1. The maximum Gasteiger partial charge on any atom is 0.433 e. The van der Waals surface area contributed by atoms with Crippen LogP contribution in [0.1, 0.15) is 16.8 Å². The van der Waals surface area contributed by atoms with Gasteiger partial charge >= 0.3 is 6.18 Å². The fraction of sp³-hybridized carbons (Fsp3) is 0.107. The van der Waals surface area contributed by atoms with Gasteiger partial charge in [-0.3, -0.25) is 0 Å². The first-order chi connectivity index (χ1) is 17.6. The van der Waals surface area contributed by atoms with Crippen LogP contribution in [0.4, 0.5) is 17.6 Å². The second-order valence-electron chi connectivity index (χ2n) is 8.60. The molecule has 0 aliphatic rings. The molecule has 0 spiro atoms. The summed E-state index contributed by atoms with van der Waals surface area (Å²) in [6, 6.07) is 20.7. The van der Waals surface area contributed by atoms with E-state index in [1.165, 1.54) is 16.8 Å². The number of hydrogen-bond acceptors (Lipinski definition) is 3. The predicted molar refractivity (Wildman–Crippen MR) is 135 cm³/mol. The molecule has 2 heterocycles. The Balaban J connectivity index is 1.78. The zero-order valence-electron chi connectivity index (χ0n) is 19.7. The SMILES string of the molecule is Cc1ccc(-c2nn(-c3nc(-c4ccc(F)cc4)cc(C(F)(F)F)n3)c(-c3ccc(C)cc3)c2Cl)cc1. The van der Waals surface area contributed by atoms with E-state index in [1.807, 2.05) is 62.4 Å². The summed E-state index contributed by atoms with van der Waals surface area (Å²) in [6.45, 7) is 3.86. The van der Waals surface area contributed by atoms with Crippen LogP contribution in [-0.2, 0) is 6.18 Å². The highest BCUT2D eigenvalue weighted by Crippen LogP contribution is 2.39. The summed E-state index contributed by atoms with van der Waals surface area (Å²) in [5, 5.41) is 4.83. The van der Waals surface area contributed by atoms with Crippen LogP contribution in [0.5, 0.6) is 0 Å². The first kappa shape index (κ1) is 24.6. The topological polar surface area (TPSA) is 43.6 Å². The van der Waals surface area contributed by atoms with Gasteiger partial charge in [-0.25, -0.2) is 14.4 Å². The highest BCUT2D eigenvalue weighted by atomic mass is 35.5. The average molecular weight is 523 g/mol. The molecule has 0 aliphatic carbocycles. The van der Waals surface area contributed by atoms with Crippen LogP contribution in [-0.4, -0.2) is 19.7 Å². The third-order valence-corrected chi connectivity index (χ3v) is 6.17. The zero-order chi connectivity index (χ0) is 26.3. The van der Waals surface area contributed by atoms with E-state index in [4.69, 9.17) is 11.6 Å². The van der Waals surface area contributed by atoms with Crippen molar-refractivity contribution < 1.29 is 17.6 Å². The number of aromatic nitrogens is 4. The fourth-order valence-corrected chi connectivity index (χ4v) is 4.18. The van der Waals surface area contributed by atoms with Gasteiger partial charge in [0, 0.05) is 16.7 Å². The third kappa shape index (κ3) is 4.97. The number of halogens is 5. The fourth-order valence-electron chi connectivity index (χ4n) is 3.84. The maximum absolute atomic E-state index is 13.9. The summed E-state index contributed by atoms with van der Waals surface area (Å²) in [6.07, 6.45) is -4.76. The molecule has 37 heavy (non-hydrogen) atoms. The van der Waals surface area contributed by atoms with E-state index in [0.29, 0.717) is 28.1 Å². The summed E-state index contributed by atoms with van der Waals surface area (Å²) in [5.74, 6) is -0.831. The zero-order valence-corrected chi connectivity index (χ0v) is 20.4. The Kier molecular flexibility index (Phi) is 6.29. The monoisotopic (exact) mass is 522 g/mol. The molecule has 0 atom stereocenters. The van der Waals surface area contributed by atoms with Crippen LogP contribution in [0.3, 0.4) is 0 Å². The van der Waals surface area contributed by atoms with Crippen molar-refractivity contribution in [2.75, 3.05) is 0 Å². The standard InChI is InChI=1S/C28H19ClF4N4/c1-16-3-7-19(8-4-16)25-24(29)26(20-9-5-17(2)6-10-20)37(36-25)27-34-22(15-23(35-27)28(31,32)33)18-11-13-21(30)14-12-18/h3-15H,1-2H3. The first-order valence-corrected chi connectivity index (χ1v) is 11.6. The summed E-state index contributed by atoms with van der Waals surface area (Å²) >= 11 is 6.83. The lowest BCUT2D eigenvalue weighted by Gasteiger charge is -2.12. The predicted octanol–water partition coefficient (Wildman–Crippen LogP) is 8.09. The third-order valence-electron chi connectivity index (χ3n) is 5.81. The molecule has 2 aromatic heterocycles. The van der Waals surface area contributed by atoms with Crippen LogP contribution in [0.25, 0.3) is 39.7 Å². The van der Waals surface area contributed by atoms with E-state index in [0.717, 1.165) is 29.3 Å². The van der Waals surface area contributed by atoms with Crippen molar-refractivity contribution in [3.8, 4) is 39.7 Å². The Bertz CT molecular complexity index is 1570. The second-order valence-corrected chi connectivity index (χ2v) is 8.98. The van der Waals surface area contributed by atoms with Crippen LogP contribution in [0, 0.1) is 19.7 Å². The van der Waals surface area contributed by atoms with Gasteiger partial charge in [0.15, 0.2) is 5.69 Å². The van der Waals surface area contributed by atoms with Crippen molar-refractivity contribution in [2.24, 2.45) is 0 Å². The Morgan fingerprint density at radius 2 is 1.27 bits per heavy atom. The van der Waals surface area contributed by atoms with Crippen molar-refractivity contribution in [3.05, 3.63) is 107 Å². The minimum atomic E-state index is -4.76. The van der Waals surface area contributed by atoms with Crippen LogP contribution >= 0.6 is 11.6 Å². The van der Waals surface area contributed by atoms with Crippen LogP contribution < -0.4 is 0 Å². The van der Waals surface area contributed by atoms with E-state index in [-0.39, 0.29) is 16.7 Å². The Morgan fingerprint density at radius 3 is 1.84 bits per heavy atom. The summed E-state index contributed by atoms with van der Waals surface area (Å²) in [7, 11) is 0. The molecule has 186 valence electrons. The molecule has 0 saturated carbocycles. The molecule has 9 heteroatoms. The number of aryl methyl sites for hydroxylation is 2. The molecule has 0 aliphatic heterocycles. The van der Waals surface area contributed by atoms with Crippen molar-refractivity contribution in [3.63, 3.8) is 0 Å². The highest BCUT2D eigenvalue weighted by molar-refractivity contribution is 6.35. The Hall–Kier alpha value is -4.04. The Morgan fingerprint density at radius 1 is 0.730 bits per heavy atom. The van der Waals surface area contributed by atoms with E-state index in [1.54, 1.807) is 0 Å². The van der Waals surface area contributed by atoms with Crippen LogP contribution in [0.2, 0.25) is 5.02 Å². The summed E-state index contributed by atoms with van der Waals surface area (Å²) in [5.41, 5.74) is 3.18. The summed E-state index contributed by atoms with van der Waals surface area (Å²) < 4.78 is 56.4. The number of benzene rings is 3. The van der Waals surface area contributed by atoms with E-state index in [9.17, 15) is 17.6 Å². The Labute approximate surface area is 215 Å². The van der Waals surface area contributed by atoms with Gasteiger partial charge in [-0.1, -0.05) is 71.3 Å². The molecule has 3 aromatic carbocycles. The van der Waals surface area contributed by atoms with Gasteiger partial charge in [-0.05, 0) is 44.2 Å². The quantitative estimate of drug-likeness (QED) is 0.224. The molecule has 0 bridgehead atoms. The lowest BCUT2D eigenvalue weighted by molar-refractivity contribution is -0.141. The van der Waals surface area contributed by atoms with Gasteiger partial charge in [-0.2, -0.15) is 23.0 Å². The van der Waals surface area contributed by atoms with Gasteiger partial charge in [0.05, 0.1) is 16.4 Å². The normalized spacial score (nSPS) is 11.6. The minimum Gasteiger partial charge on any atom is -0.211 e. The van der Waals surface area contributed by atoms with Gasteiger partial charge in [0.2, 0.25) is 0 Å². The van der Waals surface area contributed by atoms with Crippen LogP contribution in [0.15, 0.2) is 78.9 Å². The maximum atomic E-state index is 13.9. The molecular formula is C28H19ClF4N4. The van der Waals surface area contributed by atoms with Crippen molar-refractivity contribution in [1.29, 1.82) is 0 Å². The average Bonchev–Trinajstić information content (AvgIpc) is 3.21. The number of hydrogen-bond donors (Lipinski definition) is 0. The molecule has 0 fully saturated rings. The van der Waals surface area contributed by atoms with Crippen molar-refractivity contribution in [2.45, 2.75) is 20.0 Å². The highest BCUT2D eigenvalue weighted by Gasteiger charge is 2.35. The molecular weight excluding hydrogens is 504 g/mol. The largest absolute Gasteiger partial charge is 0.433 e. The molecule has 5 aromatic rings. The van der Waals surface area contributed by atoms with Crippen molar-refractivity contribution >= 4 is 11.6 Å². The molecule has 0 unspecified atom stereocenters.